The summed E-state index contributed by atoms with van der Waals surface area (Å²) >= 11 is 0. The molecule has 0 aliphatic heterocycles. The summed E-state index contributed by atoms with van der Waals surface area (Å²) in [5.74, 6) is -6.68. The van der Waals surface area contributed by atoms with Gasteiger partial charge >= 0.3 is 11.9 Å². The first-order chi connectivity index (χ1) is 19.3. The van der Waals surface area contributed by atoms with Crippen LogP contribution in [0.25, 0.3) is 44.4 Å². The molecule has 5 rings (SSSR count). The lowest BCUT2D eigenvalue weighted by Crippen LogP contribution is -2.40. The molecule has 1 atom stereocenters. The predicted molar refractivity (Wildman–Crippen MR) is 142 cm³/mol. The maximum absolute atomic E-state index is 14.2. The number of hydrogen-bond donors (Lipinski definition) is 2. The summed E-state index contributed by atoms with van der Waals surface area (Å²) in [6, 6.07) is 23.3. The monoisotopic (exact) mass is 540 g/mol. The highest BCUT2D eigenvalue weighted by molar-refractivity contribution is 5.99. The quantitative estimate of drug-likeness (QED) is 0.278. The van der Waals surface area contributed by atoms with E-state index in [1.807, 2.05) is 30.3 Å². The average molecular weight is 541 g/mol. The van der Waals surface area contributed by atoms with Gasteiger partial charge in [0.1, 0.15) is 6.04 Å². The van der Waals surface area contributed by atoms with Gasteiger partial charge in [-0.15, -0.1) is 0 Å². The number of nitrogens with two attached hydrogens (primary N) is 1. The zero-order valence-corrected chi connectivity index (χ0v) is 20.6. The first-order valence-electron chi connectivity index (χ1n) is 11.9. The lowest BCUT2D eigenvalue weighted by Gasteiger charge is -2.20. The molecule has 5 aromatic rings. The van der Waals surface area contributed by atoms with Gasteiger partial charge in [-0.3, -0.25) is 4.79 Å². The standard InChI is InChI=1S/C30H19F3N4O3/c31-30(32,29(39)40-33)27(35)19-12-10-18(11-13-19)25-22(17-6-2-1-3-7-17)14-23-26(37-25)24(16-36-28(23)38)21-9-5-4-8-20(21)15-34/h1-14,16,27H,35H2,(H,36,38). The van der Waals surface area contributed by atoms with Crippen molar-refractivity contribution in [2.75, 3.05) is 0 Å². The molecule has 0 saturated heterocycles. The zero-order valence-electron chi connectivity index (χ0n) is 20.6. The van der Waals surface area contributed by atoms with E-state index in [1.54, 1.807) is 30.3 Å². The van der Waals surface area contributed by atoms with Gasteiger partial charge in [-0.05, 0) is 23.3 Å². The first-order valence-corrected chi connectivity index (χ1v) is 11.9. The Morgan fingerprint density at radius 1 is 0.950 bits per heavy atom. The van der Waals surface area contributed by atoms with E-state index in [9.17, 15) is 28.2 Å². The number of nitriles is 1. The lowest BCUT2D eigenvalue weighted by atomic mass is 9.94. The molecule has 0 saturated carbocycles. The molecule has 0 amide bonds. The molecule has 3 N–H and O–H groups in total. The second-order valence-corrected chi connectivity index (χ2v) is 8.92. The molecule has 0 spiro atoms. The van der Waals surface area contributed by atoms with E-state index in [0.717, 1.165) is 5.56 Å². The first kappa shape index (κ1) is 26.3. The van der Waals surface area contributed by atoms with Gasteiger partial charge in [0.05, 0.1) is 28.2 Å². The van der Waals surface area contributed by atoms with Gasteiger partial charge in [0.2, 0.25) is 0 Å². The molecule has 2 aromatic heterocycles. The number of halogens is 3. The van der Waals surface area contributed by atoms with Crippen molar-refractivity contribution in [1.29, 1.82) is 5.26 Å². The maximum Gasteiger partial charge on any atom is 0.419 e. The van der Waals surface area contributed by atoms with Crippen LogP contribution >= 0.6 is 0 Å². The lowest BCUT2D eigenvalue weighted by molar-refractivity contribution is -0.214. The van der Waals surface area contributed by atoms with Gasteiger partial charge in [0.25, 0.3) is 5.56 Å². The van der Waals surface area contributed by atoms with Crippen molar-refractivity contribution in [1.82, 2.24) is 9.97 Å². The van der Waals surface area contributed by atoms with Crippen molar-refractivity contribution in [3.05, 3.63) is 113 Å². The molecule has 198 valence electrons. The fourth-order valence-corrected chi connectivity index (χ4v) is 4.49. The molecule has 3 aromatic carbocycles. The van der Waals surface area contributed by atoms with Gasteiger partial charge in [-0.2, -0.15) is 14.0 Å². The Kier molecular flexibility index (Phi) is 6.90. The Bertz CT molecular complexity index is 1830. The Balaban J connectivity index is 1.73. The molecule has 1 unspecified atom stereocenters. The number of carbonyl (C=O) groups is 1. The molecule has 40 heavy (non-hydrogen) atoms. The highest BCUT2D eigenvalue weighted by Gasteiger charge is 2.49. The van der Waals surface area contributed by atoms with Crippen LogP contribution in [0, 0.1) is 11.3 Å². The van der Waals surface area contributed by atoms with Crippen LogP contribution in [-0.4, -0.2) is 21.9 Å². The normalized spacial score (nSPS) is 12.1. The van der Waals surface area contributed by atoms with Crippen LogP contribution in [0.2, 0.25) is 0 Å². The van der Waals surface area contributed by atoms with Crippen molar-refractivity contribution in [3.63, 3.8) is 0 Å². The van der Waals surface area contributed by atoms with Gasteiger partial charge < -0.3 is 10.7 Å². The number of aromatic nitrogens is 2. The SMILES string of the molecule is N#Cc1ccccc1-c1c[nH]c(=O)c2cc(-c3ccccc3)c(-c3ccc(C(N)C(F)(F)C(=O)OF)cc3)nc12. The molecule has 0 aliphatic rings. The fraction of sp³-hybridized carbons (Fsp3) is 0.0667. The molecular weight excluding hydrogens is 521 g/mol. The number of fused-ring (bicyclic) bond motifs is 1. The summed E-state index contributed by atoms with van der Waals surface area (Å²) in [6.45, 7) is 0. The molecule has 2 heterocycles. The number of alkyl halides is 2. The van der Waals surface area contributed by atoms with Crippen LogP contribution in [0.15, 0.2) is 95.9 Å². The van der Waals surface area contributed by atoms with Crippen molar-refractivity contribution in [2.45, 2.75) is 12.0 Å². The van der Waals surface area contributed by atoms with Crippen LogP contribution in [0.4, 0.5) is 13.3 Å². The second-order valence-electron chi connectivity index (χ2n) is 8.92. The van der Waals surface area contributed by atoms with Gasteiger partial charge in [0, 0.05) is 33.0 Å². The number of rotatable bonds is 6. The van der Waals surface area contributed by atoms with E-state index in [0.29, 0.717) is 39.0 Å². The van der Waals surface area contributed by atoms with Crippen molar-refractivity contribution in [3.8, 4) is 39.6 Å². The smallest absolute Gasteiger partial charge is 0.328 e. The van der Waals surface area contributed by atoms with Crippen molar-refractivity contribution < 1.29 is 23.0 Å². The highest BCUT2D eigenvalue weighted by atomic mass is 19.3. The van der Waals surface area contributed by atoms with Gasteiger partial charge in [-0.25, -0.2) is 14.7 Å². The number of hydrogen-bond acceptors (Lipinski definition) is 6. The third-order valence-electron chi connectivity index (χ3n) is 6.57. The third kappa shape index (κ3) is 4.59. The highest BCUT2D eigenvalue weighted by Crippen LogP contribution is 2.37. The largest absolute Gasteiger partial charge is 0.419 e. The fourth-order valence-electron chi connectivity index (χ4n) is 4.49. The number of nitrogens with zero attached hydrogens (tertiary/aromatic N) is 2. The van der Waals surface area contributed by atoms with Crippen LogP contribution in [0.3, 0.4) is 0 Å². The summed E-state index contributed by atoms with van der Waals surface area (Å²) < 4.78 is 40.5. The topological polar surface area (TPSA) is 122 Å². The molecule has 7 nitrogen and oxygen atoms in total. The molecule has 0 radical (unpaired) electrons. The van der Waals surface area contributed by atoms with E-state index in [2.05, 4.69) is 16.0 Å². The summed E-state index contributed by atoms with van der Waals surface area (Å²) in [5.41, 5.74) is 9.11. The van der Waals surface area contributed by atoms with Gasteiger partial charge in [-0.1, -0.05) is 72.8 Å². The molecule has 0 bridgehead atoms. The summed E-state index contributed by atoms with van der Waals surface area (Å²) in [4.78, 5) is 34.4. The van der Waals surface area contributed by atoms with Gasteiger partial charge in [0.15, 0.2) is 0 Å². The molecule has 0 fully saturated rings. The Morgan fingerprint density at radius 2 is 1.62 bits per heavy atom. The predicted octanol–water partition coefficient (Wildman–Crippen LogP) is 5.86. The minimum absolute atomic E-state index is 0.138. The van der Waals surface area contributed by atoms with E-state index in [1.165, 1.54) is 30.5 Å². The van der Waals surface area contributed by atoms with Crippen LogP contribution in [0.5, 0.6) is 0 Å². The average Bonchev–Trinajstić information content (AvgIpc) is 3.00. The number of aromatic amines is 1. The Hall–Kier alpha value is -5.27. The van der Waals surface area contributed by atoms with E-state index < -0.39 is 17.9 Å². The number of pyridine rings is 2. The van der Waals surface area contributed by atoms with Crippen LogP contribution < -0.4 is 11.3 Å². The second kappa shape index (κ2) is 10.5. The number of nitrogens with one attached hydrogen (secondary N) is 1. The Morgan fingerprint density at radius 3 is 2.30 bits per heavy atom. The summed E-state index contributed by atoms with van der Waals surface area (Å²) in [5, 5.41) is 9.94. The van der Waals surface area contributed by atoms with Crippen LogP contribution in [-0.2, 0) is 9.74 Å². The maximum atomic E-state index is 14.2. The number of benzene rings is 3. The van der Waals surface area contributed by atoms with E-state index >= 15 is 0 Å². The van der Waals surface area contributed by atoms with Crippen molar-refractivity contribution >= 4 is 16.9 Å². The summed E-state index contributed by atoms with van der Waals surface area (Å²) in [6.07, 6.45) is 1.49. The number of carbonyl (C=O) groups excluding carboxylic acids is 1. The molecule has 0 aliphatic carbocycles. The third-order valence-corrected chi connectivity index (χ3v) is 6.57. The zero-order chi connectivity index (χ0) is 28.4. The summed E-state index contributed by atoms with van der Waals surface area (Å²) in [7, 11) is 0. The number of H-pyrrole nitrogens is 1. The minimum Gasteiger partial charge on any atom is -0.328 e. The minimum atomic E-state index is -4.29. The van der Waals surface area contributed by atoms with Crippen molar-refractivity contribution in [2.24, 2.45) is 5.73 Å². The Labute approximate surface area is 225 Å². The molecule has 10 heteroatoms. The van der Waals surface area contributed by atoms with E-state index in [-0.39, 0.29) is 16.5 Å². The van der Waals surface area contributed by atoms with E-state index in [4.69, 9.17) is 10.7 Å². The molecular formula is C30H19F3N4O3. The van der Waals surface area contributed by atoms with Crippen LogP contribution in [0.1, 0.15) is 17.2 Å².